The number of carbonyl (C=O) groups is 2. The average Bonchev–Trinajstić information content (AvgIpc) is 2.22. The van der Waals surface area contributed by atoms with Crippen molar-refractivity contribution < 1.29 is 19.4 Å². The third-order valence-electron chi connectivity index (χ3n) is 2.11. The number of hydrogen-bond donors (Lipinski definition) is 1. The predicted molar refractivity (Wildman–Crippen MR) is 68.4 cm³/mol. The summed E-state index contributed by atoms with van der Waals surface area (Å²) in [6, 6.07) is 0. The molecule has 1 N–H and O–H groups in total. The molecule has 0 aromatic rings. The minimum absolute atomic E-state index is 0.242. The monoisotopic (exact) mass is 258 g/mol. The summed E-state index contributed by atoms with van der Waals surface area (Å²) in [5.41, 5.74) is 0. The normalized spacial score (nSPS) is 13.2. The molecular weight excluding hydrogens is 236 g/mol. The maximum Gasteiger partial charge on any atom is 0.331 e. The molecule has 6 nitrogen and oxygen atoms in total. The van der Waals surface area contributed by atoms with Gasteiger partial charge >= 0.3 is 11.9 Å². The number of nitrogens with zero attached hydrogens (tertiary/aromatic N) is 2. The third-order valence-corrected chi connectivity index (χ3v) is 2.11. The Morgan fingerprint density at radius 1 is 1.17 bits per heavy atom. The van der Waals surface area contributed by atoms with Crippen molar-refractivity contribution in [2.75, 3.05) is 41.3 Å². The number of carboxylic acids is 1. The van der Waals surface area contributed by atoms with Crippen molar-refractivity contribution in [2.24, 2.45) is 0 Å². The highest BCUT2D eigenvalue weighted by molar-refractivity contribution is 5.90. The largest absolute Gasteiger partial charge is 0.478 e. The smallest absolute Gasteiger partial charge is 0.331 e. The van der Waals surface area contributed by atoms with Crippen LogP contribution < -0.4 is 0 Å². The van der Waals surface area contributed by atoms with E-state index in [-0.39, 0.29) is 6.10 Å². The molecule has 0 heterocycles. The van der Waals surface area contributed by atoms with Crippen molar-refractivity contribution in [3.8, 4) is 0 Å². The van der Waals surface area contributed by atoms with E-state index >= 15 is 0 Å². The predicted octanol–water partition coefficient (Wildman–Crippen LogP) is 0.0523. The van der Waals surface area contributed by atoms with Crippen LogP contribution in [0, 0.1) is 0 Å². The van der Waals surface area contributed by atoms with Crippen molar-refractivity contribution in [3.05, 3.63) is 12.2 Å². The lowest BCUT2D eigenvalue weighted by atomic mass is 10.2. The average molecular weight is 258 g/mol. The van der Waals surface area contributed by atoms with E-state index < -0.39 is 11.9 Å². The molecule has 0 saturated carbocycles. The van der Waals surface area contributed by atoms with E-state index in [4.69, 9.17) is 9.84 Å². The van der Waals surface area contributed by atoms with Gasteiger partial charge in [0.25, 0.3) is 0 Å². The van der Waals surface area contributed by atoms with Crippen LogP contribution in [0.1, 0.15) is 6.42 Å². The summed E-state index contributed by atoms with van der Waals surface area (Å²) in [4.78, 5) is 25.6. The zero-order chi connectivity index (χ0) is 14.1. The SMILES string of the molecule is CN(C)CCC(CN(C)C)OC(=O)C=CC(=O)O. The Bertz CT molecular complexity index is 300. The van der Waals surface area contributed by atoms with Gasteiger partial charge in [-0.25, -0.2) is 9.59 Å². The second kappa shape index (κ2) is 8.66. The van der Waals surface area contributed by atoms with Crippen LogP contribution in [0.5, 0.6) is 0 Å². The van der Waals surface area contributed by atoms with Gasteiger partial charge in [-0.1, -0.05) is 0 Å². The molecule has 6 heteroatoms. The summed E-state index contributed by atoms with van der Waals surface area (Å²) in [5.74, 6) is -1.78. The minimum atomic E-state index is -1.16. The first-order valence-electron chi connectivity index (χ1n) is 5.72. The Balaban J connectivity index is 4.29. The van der Waals surface area contributed by atoms with Crippen molar-refractivity contribution in [1.29, 1.82) is 0 Å². The second-order valence-corrected chi connectivity index (χ2v) is 4.58. The third kappa shape index (κ3) is 9.80. The van der Waals surface area contributed by atoms with Crippen molar-refractivity contribution in [1.82, 2.24) is 9.80 Å². The molecule has 1 unspecified atom stereocenters. The van der Waals surface area contributed by atoms with Crippen molar-refractivity contribution in [3.63, 3.8) is 0 Å². The summed E-state index contributed by atoms with van der Waals surface area (Å²) in [6.07, 6.45) is 2.17. The lowest BCUT2D eigenvalue weighted by molar-refractivity contribution is -0.144. The fourth-order valence-corrected chi connectivity index (χ4v) is 1.34. The molecule has 18 heavy (non-hydrogen) atoms. The van der Waals surface area contributed by atoms with Gasteiger partial charge in [-0.2, -0.15) is 0 Å². The highest BCUT2D eigenvalue weighted by Gasteiger charge is 2.14. The van der Waals surface area contributed by atoms with Crippen LogP contribution in [0.2, 0.25) is 0 Å². The molecule has 0 rings (SSSR count). The van der Waals surface area contributed by atoms with Crippen molar-refractivity contribution in [2.45, 2.75) is 12.5 Å². The fraction of sp³-hybridized carbons (Fsp3) is 0.667. The Morgan fingerprint density at radius 3 is 2.22 bits per heavy atom. The molecule has 1 atom stereocenters. The first kappa shape index (κ1) is 16.6. The molecule has 0 aliphatic carbocycles. The molecule has 0 aliphatic heterocycles. The van der Waals surface area contributed by atoms with E-state index in [1.54, 1.807) is 0 Å². The molecule has 0 bridgehead atoms. The molecule has 0 aromatic carbocycles. The summed E-state index contributed by atoms with van der Waals surface area (Å²) in [5, 5.41) is 8.41. The van der Waals surface area contributed by atoms with Crippen LogP contribution in [0.15, 0.2) is 12.2 Å². The van der Waals surface area contributed by atoms with Gasteiger partial charge in [0.15, 0.2) is 0 Å². The van der Waals surface area contributed by atoms with E-state index in [0.717, 1.165) is 18.7 Å². The summed E-state index contributed by atoms with van der Waals surface area (Å²) >= 11 is 0. The van der Waals surface area contributed by atoms with Gasteiger partial charge < -0.3 is 19.6 Å². The van der Waals surface area contributed by atoms with Gasteiger partial charge in [0, 0.05) is 25.2 Å². The van der Waals surface area contributed by atoms with E-state index in [2.05, 4.69) is 0 Å². The number of carbonyl (C=O) groups excluding carboxylic acids is 1. The summed E-state index contributed by atoms with van der Waals surface area (Å²) in [6.45, 7) is 1.41. The number of ether oxygens (including phenoxy) is 1. The van der Waals surface area contributed by atoms with Crippen LogP contribution in [-0.4, -0.2) is 74.2 Å². The van der Waals surface area contributed by atoms with E-state index in [1.165, 1.54) is 0 Å². The number of carboxylic acid groups (broad SMARTS) is 1. The Kier molecular flexibility index (Phi) is 7.98. The maximum atomic E-state index is 11.4. The van der Waals surface area contributed by atoms with Crippen LogP contribution in [0.3, 0.4) is 0 Å². The highest BCUT2D eigenvalue weighted by Crippen LogP contribution is 2.02. The van der Waals surface area contributed by atoms with Crippen LogP contribution >= 0.6 is 0 Å². The van der Waals surface area contributed by atoms with Crippen LogP contribution in [0.25, 0.3) is 0 Å². The minimum Gasteiger partial charge on any atom is -0.478 e. The van der Waals surface area contributed by atoms with Gasteiger partial charge in [0.2, 0.25) is 0 Å². The number of hydrogen-bond acceptors (Lipinski definition) is 5. The van der Waals surface area contributed by atoms with Crippen LogP contribution in [0.4, 0.5) is 0 Å². The number of likely N-dealkylation sites (N-methyl/N-ethyl adjacent to an activating group) is 1. The first-order valence-corrected chi connectivity index (χ1v) is 5.72. The topological polar surface area (TPSA) is 70.1 Å². The van der Waals surface area contributed by atoms with Gasteiger partial charge in [0.1, 0.15) is 6.10 Å². The van der Waals surface area contributed by atoms with E-state index in [1.807, 2.05) is 38.0 Å². The molecule has 0 aliphatic rings. The Labute approximate surface area is 108 Å². The van der Waals surface area contributed by atoms with Crippen molar-refractivity contribution >= 4 is 11.9 Å². The molecular formula is C12H22N2O4. The van der Waals surface area contributed by atoms with E-state index in [9.17, 15) is 9.59 Å². The maximum absolute atomic E-state index is 11.4. The number of esters is 1. The highest BCUT2D eigenvalue weighted by atomic mass is 16.5. The van der Waals surface area contributed by atoms with Crippen LogP contribution in [-0.2, 0) is 14.3 Å². The standard InChI is InChI=1S/C12H22N2O4/c1-13(2)8-7-10(9-14(3)4)18-12(17)6-5-11(15)16/h5-6,10H,7-9H2,1-4H3,(H,15,16). The molecule has 0 spiro atoms. The van der Waals surface area contributed by atoms with Gasteiger partial charge in [-0.05, 0) is 34.6 Å². The second-order valence-electron chi connectivity index (χ2n) is 4.58. The van der Waals surface area contributed by atoms with Gasteiger partial charge in [0.05, 0.1) is 0 Å². The molecule has 0 radical (unpaired) electrons. The zero-order valence-electron chi connectivity index (χ0n) is 11.4. The van der Waals surface area contributed by atoms with E-state index in [0.29, 0.717) is 13.0 Å². The Morgan fingerprint density at radius 2 is 1.78 bits per heavy atom. The molecule has 104 valence electrons. The first-order chi connectivity index (χ1) is 8.31. The molecule has 0 saturated heterocycles. The molecule has 0 aromatic heterocycles. The Hall–Kier alpha value is -1.40. The fourth-order valence-electron chi connectivity index (χ4n) is 1.34. The molecule has 0 fully saturated rings. The lowest BCUT2D eigenvalue weighted by Crippen LogP contribution is -2.32. The summed E-state index contributed by atoms with van der Waals surface area (Å²) in [7, 11) is 7.67. The van der Waals surface area contributed by atoms with Gasteiger partial charge in [-0.15, -0.1) is 0 Å². The number of aliphatic carboxylic acids is 1. The zero-order valence-corrected chi connectivity index (χ0v) is 11.4. The quantitative estimate of drug-likeness (QED) is 0.490. The summed E-state index contributed by atoms with van der Waals surface area (Å²) < 4.78 is 5.20. The number of rotatable bonds is 8. The lowest BCUT2D eigenvalue weighted by Gasteiger charge is -2.22. The molecule has 0 amide bonds. The van der Waals surface area contributed by atoms with Gasteiger partial charge in [-0.3, -0.25) is 0 Å².